The number of carbonyl (C=O) groups excluding carboxylic acids is 1. The van der Waals surface area contributed by atoms with Crippen molar-refractivity contribution in [1.29, 1.82) is 0 Å². The van der Waals surface area contributed by atoms with Crippen LogP contribution >= 0.6 is 0 Å². The van der Waals surface area contributed by atoms with Crippen LogP contribution in [0.15, 0.2) is 0 Å². The standard InChI is InChI=1S/C9H20N2O3/c1-3-4-5-8(10)9(12)11-14-7-6-13-2/h8H,3-7,10H2,1-2H3,(H,11,12). The summed E-state index contributed by atoms with van der Waals surface area (Å²) in [6, 6.07) is -0.475. The zero-order valence-electron chi connectivity index (χ0n) is 8.91. The summed E-state index contributed by atoms with van der Waals surface area (Å²) in [5, 5.41) is 0. The third-order valence-corrected chi connectivity index (χ3v) is 1.77. The van der Waals surface area contributed by atoms with E-state index in [2.05, 4.69) is 12.4 Å². The Morgan fingerprint density at radius 1 is 1.50 bits per heavy atom. The van der Waals surface area contributed by atoms with Gasteiger partial charge in [0.25, 0.3) is 5.91 Å². The first-order valence-corrected chi connectivity index (χ1v) is 4.88. The lowest BCUT2D eigenvalue weighted by atomic mass is 10.1. The highest BCUT2D eigenvalue weighted by molar-refractivity contribution is 5.80. The Balaban J connectivity index is 3.42. The molecule has 0 aliphatic carbocycles. The van der Waals surface area contributed by atoms with Crippen LogP contribution in [0.4, 0.5) is 0 Å². The summed E-state index contributed by atoms with van der Waals surface area (Å²) < 4.78 is 4.74. The summed E-state index contributed by atoms with van der Waals surface area (Å²) in [6.07, 6.45) is 2.67. The molecule has 5 nitrogen and oxygen atoms in total. The lowest BCUT2D eigenvalue weighted by Gasteiger charge is -2.11. The molecule has 0 saturated carbocycles. The number of rotatable bonds is 8. The predicted molar refractivity (Wildman–Crippen MR) is 53.5 cm³/mol. The molecule has 5 heteroatoms. The van der Waals surface area contributed by atoms with Crippen molar-refractivity contribution in [3.05, 3.63) is 0 Å². The van der Waals surface area contributed by atoms with E-state index in [-0.39, 0.29) is 5.91 Å². The van der Waals surface area contributed by atoms with E-state index in [1.165, 1.54) is 0 Å². The number of hydrogen-bond donors (Lipinski definition) is 2. The first-order valence-electron chi connectivity index (χ1n) is 4.88. The van der Waals surface area contributed by atoms with Crippen LogP contribution in [0.3, 0.4) is 0 Å². The lowest BCUT2D eigenvalue weighted by Crippen LogP contribution is -2.40. The maximum atomic E-state index is 11.2. The molecule has 0 heterocycles. The molecule has 3 N–H and O–H groups in total. The average Bonchev–Trinajstić information content (AvgIpc) is 2.20. The van der Waals surface area contributed by atoms with Gasteiger partial charge in [-0.15, -0.1) is 0 Å². The fraction of sp³-hybridized carbons (Fsp3) is 0.889. The zero-order valence-corrected chi connectivity index (χ0v) is 8.91. The molecule has 0 aliphatic heterocycles. The number of hydrogen-bond acceptors (Lipinski definition) is 4. The van der Waals surface area contributed by atoms with Gasteiger partial charge < -0.3 is 10.5 Å². The Morgan fingerprint density at radius 2 is 2.21 bits per heavy atom. The van der Waals surface area contributed by atoms with Crippen LogP contribution in [0.2, 0.25) is 0 Å². The molecule has 1 amide bonds. The predicted octanol–water partition coefficient (Wildman–Crippen LogP) is 0.198. The van der Waals surface area contributed by atoms with Crippen molar-refractivity contribution in [1.82, 2.24) is 5.48 Å². The van der Waals surface area contributed by atoms with Crippen LogP contribution in [-0.2, 0) is 14.4 Å². The Morgan fingerprint density at radius 3 is 2.79 bits per heavy atom. The molecule has 0 aliphatic rings. The molecule has 1 unspecified atom stereocenters. The summed E-state index contributed by atoms with van der Waals surface area (Å²) in [5.41, 5.74) is 7.88. The maximum absolute atomic E-state index is 11.2. The number of ether oxygens (including phenoxy) is 1. The fourth-order valence-corrected chi connectivity index (χ4v) is 0.878. The quantitative estimate of drug-likeness (QED) is 0.437. The molecule has 0 spiro atoms. The highest BCUT2D eigenvalue weighted by Crippen LogP contribution is 1.97. The van der Waals surface area contributed by atoms with Gasteiger partial charge in [-0.3, -0.25) is 9.63 Å². The van der Waals surface area contributed by atoms with Crippen molar-refractivity contribution in [3.63, 3.8) is 0 Å². The molecule has 1 atom stereocenters. The minimum absolute atomic E-state index is 0.269. The van der Waals surface area contributed by atoms with Crippen LogP contribution in [0, 0.1) is 0 Å². The van der Waals surface area contributed by atoms with Crippen molar-refractivity contribution < 1.29 is 14.4 Å². The SMILES string of the molecule is CCCCC(N)C(=O)NOCCOC. The summed E-state index contributed by atoms with van der Waals surface area (Å²) in [7, 11) is 1.57. The van der Waals surface area contributed by atoms with Crippen LogP contribution in [0.5, 0.6) is 0 Å². The molecule has 0 aromatic rings. The van der Waals surface area contributed by atoms with E-state index < -0.39 is 6.04 Å². The van der Waals surface area contributed by atoms with E-state index in [0.29, 0.717) is 19.6 Å². The Bertz CT molecular complexity index is 153. The van der Waals surface area contributed by atoms with Gasteiger partial charge >= 0.3 is 0 Å². The van der Waals surface area contributed by atoms with E-state index in [9.17, 15) is 4.79 Å². The van der Waals surface area contributed by atoms with Crippen molar-refractivity contribution in [2.45, 2.75) is 32.2 Å². The van der Waals surface area contributed by atoms with Gasteiger partial charge in [-0.25, -0.2) is 5.48 Å². The molecule has 0 aromatic heterocycles. The average molecular weight is 204 g/mol. The molecule has 0 aromatic carbocycles. The molecule has 14 heavy (non-hydrogen) atoms. The first kappa shape index (κ1) is 13.4. The summed E-state index contributed by atoms with van der Waals surface area (Å²) in [6.45, 7) is 2.84. The number of amides is 1. The van der Waals surface area contributed by atoms with E-state index in [4.69, 9.17) is 15.3 Å². The molecule has 84 valence electrons. The van der Waals surface area contributed by atoms with Crippen molar-refractivity contribution in [3.8, 4) is 0 Å². The summed E-state index contributed by atoms with van der Waals surface area (Å²) in [4.78, 5) is 16.0. The third-order valence-electron chi connectivity index (χ3n) is 1.77. The summed E-state index contributed by atoms with van der Waals surface area (Å²) in [5.74, 6) is -0.269. The zero-order chi connectivity index (χ0) is 10.8. The van der Waals surface area contributed by atoms with E-state index in [0.717, 1.165) is 12.8 Å². The second-order valence-electron chi connectivity index (χ2n) is 3.06. The van der Waals surface area contributed by atoms with Crippen LogP contribution in [0.25, 0.3) is 0 Å². The van der Waals surface area contributed by atoms with Crippen molar-refractivity contribution in [2.24, 2.45) is 5.73 Å². The van der Waals surface area contributed by atoms with Crippen molar-refractivity contribution in [2.75, 3.05) is 20.3 Å². The van der Waals surface area contributed by atoms with Gasteiger partial charge in [-0.1, -0.05) is 19.8 Å². The molecule has 0 saturated heterocycles. The second-order valence-corrected chi connectivity index (χ2v) is 3.06. The Kier molecular flexibility index (Phi) is 8.51. The third kappa shape index (κ3) is 6.82. The molecule has 0 bridgehead atoms. The van der Waals surface area contributed by atoms with Gasteiger partial charge in [0.15, 0.2) is 0 Å². The molecular formula is C9H20N2O3. The first-order chi connectivity index (χ1) is 6.72. The van der Waals surface area contributed by atoms with E-state index >= 15 is 0 Å². The minimum atomic E-state index is -0.475. The number of carbonyl (C=O) groups is 1. The number of nitrogens with two attached hydrogens (primary N) is 1. The number of hydroxylamine groups is 1. The minimum Gasteiger partial charge on any atom is -0.382 e. The number of methoxy groups -OCH3 is 1. The monoisotopic (exact) mass is 204 g/mol. The molecule has 0 rings (SSSR count). The number of unbranched alkanes of at least 4 members (excludes halogenated alkanes) is 1. The van der Waals surface area contributed by atoms with Gasteiger partial charge in [0.2, 0.25) is 0 Å². The van der Waals surface area contributed by atoms with Gasteiger partial charge in [0, 0.05) is 7.11 Å². The van der Waals surface area contributed by atoms with Gasteiger partial charge in [-0.2, -0.15) is 0 Å². The van der Waals surface area contributed by atoms with Crippen LogP contribution in [-0.4, -0.2) is 32.3 Å². The molecular weight excluding hydrogens is 184 g/mol. The number of nitrogens with one attached hydrogen (secondary N) is 1. The van der Waals surface area contributed by atoms with Gasteiger partial charge in [-0.05, 0) is 6.42 Å². The van der Waals surface area contributed by atoms with Crippen molar-refractivity contribution >= 4 is 5.91 Å². The van der Waals surface area contributed by atoms with Gasteiger partial charge in [0.05, 0.1) is 19.3 Å². The van der Waals surface area contributed by atoms with Crippen LogP contribution < -0.4 is 11.2 Å². The van der Waals surface area contributed by atoms with Crippen LogP contribution in [0.1, 0.15) is 26.2 Å². The lowest BCUT2D eigenvalue weighted by molar-refractivity contribution is -0.136. The summed E-state index contributed by atoms with van der Waals surface area (Å²) >= 11 is 0. The smallest absolute Gasteiger partial charge is 0.260 e. The maximum Gasteiger partial charge on any atom is 0.260 e. The highest BCUT2D eigenvalue weighted by Gasteiger charge is 2.11. The molecule has 0 fully saturated rings. The van der Waals surface area contributed by atoms with E-state index in [1.807, 2.05) is 0 Å². The normalized spacial score (nSPS) is 12.5. The van der Waals surface area contributed by atoms with Gasteiger partial charge in [0.1, 0.15) is 0 Å². The highest BCUT2D eigenvalue weighted by atomic mass is 16.7. The Labute approximate surface area is 84.9 Å². The fourth-order valence-electron chi connectivity index (χ4n) is 0.878. The topological polar surface area (TPSA) is 73.6 Å². The largest absolute Gasteiger partial charge is 0.382 e. The molecule has 0 radical (unpaired) electrons. The van der Waals surface area contributed by atoms with E-state index in [1.54, 1.807) is 7.11 Å². The Hall–Kier alpha value is -0.650. The second kappa shape index (κ2) is 8.93.